The highest BCUT2D eigenvalue weighted by Gasteiger charge is 2.09. The molecule has 0 aromatic carbocycles. The summed E-state index contributed by atoms with van der Waals surface area (Å²) in [6, 6.07) is 0.336. The van der Waals surface area contributed by atoms with E-state index in [2.05, 4.69) is 18.8 Å². The van der Waals surface area contributed by atoms with Crippen LogP contribution in [0.5, 0.6) is 5.75 Å². The van der Waals surface area contributed by atoms with Crippen LogP contribution < -0.4 is 10.5 Å². The largest absolute Gasteiger partial charge is 0.496 e. The highest BCUT2D eigenvalue weighted by Crippen LogP contribution is 2.24. The molecule has 0 amide bonds. The molecule has 0 radical (unpaired) electrons. The van der Waals surface area contributed by atoms with Crippen molar-refractivity contribution in [2.24, 2.45) is 5.73 Å². The van der Waals surface area contributed by atoms with Gasteiger partial charge in [-0.25, -0.2) is 0 Å². The van der Waals surface area contributed by atoms with Gasteiger partial charge in [-0.1, -0.05) is 13.3 Å². The first-order valence-corrected chi connectivity index (χ1v) is 6.84. The van der Waals surface area contributed by atoms with Crippen molar-refractivity contribution in [1.82, 2.24) is 4.98 Å². The van der Waals surface area contributed by atoms with E-state index in [1.165, 1.54) is 5.56 Å². The molecule has 1 aromatic rings. The van der Waals surface area contributed by atoms with Crippen LogP contribution in [-0.4, -0.2) is 18.1 Å². The molecule has 0 aliphatic carbocycles. The molecule has 1 rings (SSSR count). The van der Waals surface area contributed by atoms with Gasteiger partial charge in [0.1, 0.15) is 5.75 Å². The smallest absolute Gasteiger partial charge is 0.128 e. The SMILES string of the molecule is CCCC(N)CCCc1ncc(C)c(OC)c1C. The van der Waals surface area contributed by atoms with Crippen LogP contribution in [0.4, 0.5) is 0 Å². The number of hydrogen-bond donors (Lipinski definition) is 1. The Morgan fingerprint density at radius 2 is 2.06 bits per heavy atom. The summed E-state index contributed by atoms with van der Waals surface area (Å²) in [5, 5.41) is 0. The van der Waals surface area contributed by atoms with E-state index in [9.17, 15) is 0 Å². The van der Waals surface area contributed by atoms with Gasteiger partial charge in [0.05, 0.1) is 7.11 Å². The first-order valence-electron chi connectivity index (χ1n) is 6.84. The van der Waals surface area contributed by atoms with Crippen LogP contribution >= 0.6 is 0 Å². The molecule has 0 saturated carbocycles. The molecule has 2 N–H and O–H groups in total. The zero-order chi connectivity index (χ0) is 13.5. The van der Waals surface area contributed by atoms with Gasteiger partial charge in [0.25, 0.3) is 0 Å². The lowest BCUT2D eigenvalue weighted by Gasteiger charge is -2.13. The maximum Gasteiger partial charge on any atom is 0.128 e. The summed E-state index contributed by atoms with van der Waals surface area (Å²) in [6.45, 7) is 6.29. The number of nitrogens with two attached hydrogens (primary N) is 1. The Kier molecular flexibility index (Phi) is 6.13. The second-order valence-electron chi connectivity index (χ2n) is 4.99. The van der Waals surface area contributed by atoms with E-state index in [-0.39, 0.29) is 0 Å². The van der Waals surface area contributed by atoms with Gasteiger partial charge in [0.2, 0.25) is 0 Å². The van der Waals surface area contributed by atoms with E-state index >= 15 is 0 Å². The highest BCUT2D eigenvalue weighted by molar-refractivity contribution is 5.41. The van der Waals surface area contributed by atoms with Crippen molar-refractivity contribution < 1.29 is 4.74 Å². The van der Waals surface area contributed by atoms with Crippen molar-refractivity contribution in [3.8, 4) is 5.75 Å². The average Bonchev–Trinajstić information content (AvgIpc) is 2.33. The van der Waals surface area contributed by atoms with Crippen LogP contribution in [0.2, 0.25) is 0 Å². The Hall–Kier alpha value is -1.09. The lowest BCUT2D eigenvalue weighted by atomic mass is 10.0. The van der Waals surface area contributed by atoms with Crippen molar-refractivity contribution in [1.29, 1.82) is 0 Å². The summed E-state index contributed by atoms with van der Waals surface area (Å²) in [5.41, 5.74) is 9.43. The van der Waals surface area contributed by atoms with Gasteiger partial charge in [-0.3, -0.25) is 4.98 Å². The Balaban J connectivity index is 2.58. The van der Waals surface area contributed by atoms with Crippen LogP contribution in [0.25, 0.3) is 0 Å². The van der Waals surface area contributed by atoms with Crippen LogP contribution in [0.3, 0.4) is 0 Å². The molecule has 0 aliphatic rings. The van der Waals surface area contributed by atoms with Gasteiger partial charge >= 0.3 is 0 Å². The van der Waals surface area contributed by atoms with E-state index in [0.717, 1.165) is 49.1 Å². The minimum atomic E-state index is 0.336. The fourth-order valence-electron chi connectivity index (χ4n) is 2.37. The van der Waals surface area contributed by atoms with E-state index in [0.29, 0.717) is 6.04 Å². The Morgan fingerprint density at radius 3 is 2.67 bits per heavy atom. The quantitative estimate of drug-likeness (QED) is 0.808. The van der Waals surface area contributed by atoms with Crippen molar-refractivity contribution >= 4 is 0 Å². The van der Waals surface area contributed by atoms with E-state index in [4.69, 9.17) is 10.5 Å². The molecule has 0 fully saturated rings. The third-order valence-corrected chi connectivity index (χ3v) is 3.40. The van der Waals surface area contributed by atoms with Crippen LogP contribution in [-0.2, 0) is 6.42 Å². The van der Waals surface area contributed by atoms with Crippen molar-refractivity contribution in [3.05, 3.63) is 23.0 Å². The highest BCUT2D eigenvalue weighted by atomic mass is 16.5. The lowest BCUT2D eigenvalue weighted by Crippen LogP contribution is -2.19. The van der Waals surface area contributed by atoms with Gasteiger partial charge in [0, 0.05) is 29.1 Å². The second-order valence-corrected chi connectivity index (χ2v) is 4.99. The zero-order valence-electron chi connectivity index (χ0n) is 12.1. The maximum atomic E-state index is 6.02. The van der Waals surface area contributed by atoms with Crippen molar-refractivity contribution in [2.45, 2.75) is 58.9 Å². The van der Waals surface area contributed by atoms with E-state index in [1.807, 2.05) is 13.1 Å². The molecule has 0 bridgehead atoms. The summed E-state index contributed by atoms with van der Waals surface area (Å²) in [6.07, 6.45) is 7.33. The minimum absolute atomic E-state index is 0.336. The molecule has 1 aromatic heterocycles. The molecule has 1 unspecified atom stereocenters. The molecule has 1 heterocycles. The molecule has 1 atom stereocenters. The molecule has 3 heteroatoms. The number of nitrogens with zero attached hydrogens (tertiary/aromatic N) is 1. The fourth-order valence-corrected chi connectivity index (χ4v) is 2.37. The topological polar surface area (TPSA) is 48.1 Å². The molecular formula is C15H26N2O. The van der Waals surface area contributed by atoms with Gasteiger partial charge < -0.3 is 10.5 Å². The van der Waals surface area contributed by atoms with Crippen LogP contribution in [0.1, 0.15) is 49.4 Å². The summed E-state index contributed by atoms with van der Waals surface area (Å²) < 4.78 is 5.42. The number of aryl methyl sites for hydroxylation is 2. The average molecular weight is 250 g/mol. The predicted molar refractivity (Wildman–Crippen MR) is 76.1 cm³/mol. The lowest BCUT2D eigenvalue weighted by molar-refractivity contribution is 0.406. The second kappa shape index (κ2) is 7.37. The number of methoxy groups -OCH3 is 1. The third-order valence-electron chi connectivity index (χ3n) is 3.40. The first kappa shape index (κ1) is 15.0. The van der Waals surface area contributed by atoms with Crippen LogP contribution in [0.15, 0.2) is 6.20 Å². The molecule has 102 valence electrons. The Labute approximate surface area is 111 Å². The summed E-state index contributed by atoms with van der Waals surface area (Å²) >= 11 is 0. The Morgan fingerprint density at radius 1 is 1.33 bits per heavy atom. The number of hydrogen-bond acceptors (Lipinski definition) is 3. The van der Waals surface area contributed by atoms with E-state index in [1.54, 1.807) is 7.11 Å². The Bertz CT molecular complexity index is 377. The predicted octanol–water partition coefficient (Wildman–Crippen LogP) is 3.16. The minimum Gasteiger partial charge on any atom is -0.496 e. The summed E-state index contributed by atoms with van der Waals surface area (Å²) in [4.78, 5) is 4.51. The number of aromatic nitrogens is 1. The number of rotatable bonds is 7. The summed E-state index contributed by atoms with van der Waals surface area (Å²) in [7, 11) is 1.72. The zero-order valence-corrected chi connectivity index (χ0v) is 12.1. The molecule has 0 saturated heterocycles. The molecule has 0 spiro atoms. The first-order chi connectivity index (χ1) is 8.60. The van der Waals surface area contributed by atoms with Gasteiger partial charge in [-0.05, 0) is 39.5 Å². The van der Waals surface area contributed by atoms with Gasteiger partial charge in [-0.15, -0.1) is 0 Å². The van der Waals surface area contributed by atoms with E-state index < -0.39 is 0 Å². The normalized spacial score (nSPS) is 12.5. The number of pyridine rings is 1. The molecule has 18 heavy (non-hydrogen) atoms. The molecule has 3 nitrogen and oxygen atoms in total. The van der Waals surface area contributed by atoms with Gasteiger partial charge in [-0.2, -0.15) is 0 Å². The standard InChI is InChI=1S/C15H26N2O/c1-5-7-13(16)8-6-9-14-12(3)15(18-4)11(2)10-17-14/h10,13H,5-9,16H2,1-4H3. The van der Waals surface area contributed by atoms with Crippen molar-refractivity contribution in [3.63, 3.8) is 0 Å². The number of ether oxygens (including phenoxy) is 1. The summed E-state index contributed by atoms with van der Waals surface area (Å²) in [5.74, 6) is 0.970. The van der Waals surface area contributed by atoms with Crippen LogP contribution in [0, 0.1) is 13.8 Å². The molecule has 0 aliphatic heterocycles. The maximum absolute atomic E-state index is 6.02. The third kappa shape index (κ3) is 3.98. The van der Waals surface area contributed by atoms with Crippen molar-refractivity contribution in [2.75, 3.05) is 7.11 Å². The van der Waals surface area contributed by atoms with Gasteiger partial charge in [0.15, 0.2) is 0 Å². The molecular weight excluding hydrogens is 224 g/mol. The monoisotopic (exact) mass is 250 g/mol. The fraction of sp³-hybridized carbons (Fsp3) is 0.667.